The first-order chi connectivity index (χ1) is 12.3. The Bertz CT molecular complexity index is 527. The molecule has 3 amide bonds. The van der Waals surface area contributed by atoms with Gasteiger partial charge in [0.1, 0.15) is 0 Å². The Hall–Kier alpha value is -1.26. The highest BCUT2D eigenvalue weighted by atomic mass is 16.2. The van der Waals surface area contributed by atoms with Crippen molar-refractivity contribution in [3.8, 4) is 0 Å². The van der Waals surface area contributed by atoms with Crippen LogP contribution >= 0.6 is 0 Å². The van der Waals surface area contributed by atoms with Gasteiger partial charge in [-0.1, -0.05) is 40.0 Å². The van der Waals surface area contributed by atoms with E-state index < -0.39 is 0 Å². The molecule has 5 nitrogen and oxygen atoms in total. The summed E-state index contributed by atoms with van der Waals surface area (Å²) in [5, 5.41) is 9.24. The fourth-order valence-electron chi connectivity index (χ4n) is 5.62. The zero-order chi connectivity index (χ0) is 18.8. The summed E-state index contributed by atoms with van der Waals surface area (Å²) in [5.74, 6) is 0.872. The number of fused-ring (bicyclic) bond motifs is 2. The molecule has 3 unspecified atom stereocenters. The van der Waals surface area contributed by atoms with Crippen molar-refractivity contribution < 1.29 is 9.59 Å². The number of hydrogen-bond acceptors (Lipinski definition) is 2. The maximum absolute atomic E-state index is 12.4. The standard InChI is InChI=1S/C21H37N3O2/c1-20(2)15-11-12-21(20,3)17(14-15)24-18(25)10-7-13-22-19(26)23-16-8-5-4-6-9-16/h15-17H,4-14H2,1-3H3,(H,24,25)(H2,22,23,26). The van der Waals surface area contributed by atoms with Gasteiger partial charge in [-0.15, -0.1) is 0 Å². The third-order valence-electron chi connectivity index (χ3n) is 7.94. The predicted molar refractivity (Wildman–Crippen MR) is 104 cm³/mol. The fraction of sp³-hybridized carbons (Fsp3) is 0.905. The van der Waals surface area contributed by atoms with Crippen LogP contribution in [0.15, 0.2) is 0 Å². The topological polar surface area (TPSA) is 70.2 Å². The highest BCUT2D eigenvalue weighted by Crippen LogP contribution is 2.65. The third kappa shape index (κ3) is 3.86. The van der Waals surface area contributed by atoms with Gasteiger partial charge in [0.15, 0.2) is 0 Å². The first-order valence-electron chi connectivity index (χ1n) is 10.7. The summed E-state index contributed by atoms with van der Waals surface area (Å²) in [4.78, 5) is 24.3. The Labute approximate surface area is 158 Å². The SMILES string of the molecule is CC1(C)C2CCC1(C)C(NC(=O)CCCNC(=O)NC1CCCCC1)C2. The van der Waals surface area contributed by atoms with Crippen molar-refractivity contribution >= 4 is 11.9 Å². The minimum atomic E-state index is -0.0836. The van der Waals surface area contributed by atoms with Gasteiger partial charge in [0, 0.05) is 25.0 Å². The van der Waals surface area contributed by atoms with E-state index in [-0.39, 0.29) is 17.4 Å². The molecule has 3 saturated carbocycles. The van der Waals surface area contributed by atoms with E-state index in [1.54, 1.807) is 0 Å². The number of urea groups is 1. The van der Waals surface area contributed by atoms with Crippen molar-refractivity contribution in [2.24, 2.45) is 16.7 Å². The zero-order valence-electron chi connectivity index (χ0n) is 16.8. The van der Waals surface area contributed by atoms with Gasteiger partial charge in [-0.05, 0) is 55.3 Å². The fourth-order valence-corrected chi connectivity index (χ4v) is 5.62. The molecule has 0 aromatic heterocycles. The molecule has 0 aromatic carbocycles. The first kappa shape index (κ1) is 19.5. The number of nitrogens with one attached hydrogen (secondary N) is 3. The highest BCUT2D eigenvalue weighted by Gasteiger charge is 2.61. The quantitative estimate of drug-likeness (QED) is 0.629. The lowest BCUT2D eigenvalue weighted by Crippen LogP contribution is -2.47. The van der Waals surface area contributed by atoms with Crippen molar-refractivity contribution in [3.63, 3.8) is 0 Å². The lowest BCUT2D eigenvalue weighted by atomic mass is 9.69. The molecule has 26 heavy (non-hydrogen) atoms. The van der Waals surface area contributed by atoms with Crippen LogP contribution in [0.25, 0.3) is 0 Å². The van der Waals surface area contributed by atoms with Crippen LogP contribution in [0.4, 0.5) is 4.79 Å². The Kier molecular flexibility index (Phi) is 5.83. The van der Waals surface area contributed by atoms with E-state index in [0.29, 0.717) is 36.9 Å². The van der Waals surface area contributed by atoms with Gasteiger partial charge in [-0.3, -0.25) is 4.79 Å². The van der Waals surface area contributed by atoms with Gasteiger partial charge in [0.2, 0.25) is 5.91 Å². The van der Waals surface area contributed by atoms with Gasteiger partial charge < -0.3 is 16.0 Å². The molecule has 0 aromatic rings. The summed E-state index contributed by atoms with van der Waals surface area (Å²) in [7, 11) is 0. The Morgan fingerprint density at radius 3 is 2.35 bits per heavy atom. The molecule has 0 spiro atoms. The highest BCUT2D eigenvalue weighted by molar-refractivity contribution is 5.77. The second-order valence-electron chi connectivity index (χ2n) is 9.57. The molecule has 0 heterocycles. The molecule has 3 aliphatic carbocycles. The Morgan fingerprint density at radius 1 is 1.00 bits per heavy atom. The summed E-state index contributed by atoms with van der Waals surface area (Å²) in [6.45, 7) is 7.64. The summed E-state index contributed by atoms with van der Waals surface area (Å²) in [5.41, 5.74) is 0.551. The van der Waals surface area contributed by atoms with Crippen LogP contribution in [-0.4, -0.2) is 30.6 Å². The Morgan fingerprint density at radius 2 is 1.73 bits per heavy atom. The molecule has 3 fully saturated rings. The van der Waals surface area contributed by atoms with E-state index >= 15 is 0 Å². The van der Waals surface area contributed by atoms with E-state index in [9.17, 15) is 9.59 Å². The van der Waals surface area contributed by atoms with Gasteiger partial charge in [-0.25, -0.2) is 4.79 Å². The molecule has 0 saturated heterocycles. The van der Waals surface area contributed by atoms with Gasteiger partial charge in [0.25, 0.3) is 0 Å². The van der Waals surface area contributed by atoms with Crippen molar-refractivity contribution in [2.45, 2.75) is 97.1 Å². The maximum Gasteiger partial charge on any atom is 0.315 e. The van der Waals surface area contributed by atoms with Crippen molar-refractivity contribution in [1.29, 1.82) is 0 Å². The van der Waals surface area contributed by atoms with Crippen molar-refractivity contribution in [1.82, 2.24) is 16.0 Å². The van der Waals surface area contributed by atoms with Crippen LogP contribution < -0.4 is 16.0 Å². The minimum absolute atomic E-state index is 0.0836. The summed E-state index contributed by atoms with van der Waals surface area (Å²) in [6, 6.07) is 0.555. The van der Waals surface area contributed by atoms with Crippen LogP contribution in [0.2, 0.25) is 0 Å². The molecule has 3 aliphatic rings. The molecule has 3 N–H and O–H groups in total. The van der Waals surface area contributed by atoms with Crippen molar-refractivity contribution in [2.75, 3.05) is 6.54 Å². The molecule has 148 valence electrons. The summed E-state index contributed by atoms with van der Waals surface area (Å²) >= 11 is 0. The number of rotatable bonds is 6. The normalized spacial score (nSPS) is 33.0. The van der Waals surface area contributed by atoms with Gasteiger partial charge in [0.05, 0.1) is 0 Å². The molecule has 0 radical (unpaired) electrons. The van der Waals surface area contributed by atoms with Crippen LogP contribution in [0.3, 0.4) is 0 Å². The smallest absolute Gasteiger partial charge is 0.315 e. The van der Waals surface area contributed by atoms with E-state index in [4.69, 9.17) is 0 Å². The maximum atomic E-state index is 12.4. The molecule has 3 rings (SSSR count). The number of amides is 3. The molecule has 0 aliphatic heterocycles. The van der Waals surface area contributed by atoms with Crippen LogP contribution in [0.1, 0.15) is 85.0 Å². The molecule has 3 atom stereocenters. The summed E-state index contributed by atoms with van der Waals surface area (Å²) in [6.07, 6.45) is 10.7. The van der Waals surface area contributed by atoms with E-state index in [0.717, 1.165) is 25.2 Å². The predicted octanol–water partition coefficient (Wildman–Crippen LogP) is 3.73. The average Bonchev–Trinajstić information content (AvgIpc) is 2.93. The molecule has 5 heteroatoms. The number of hydrogen-bond donors (Lipinski definition) is 3. The average molecular weight is 364 g/mol. The molecular weight excluding hydrogens is 326 g/mol. The number of carbonyl (C=O) groups excluding carboxylic acids is 2. The second kappa shape index (κ2) is 7.77. The minimum Gasteiger partial charge on any atom is -0.353 e. The molecular formula is C21H37N3O2. The van der Waals surface area contributed by atoms with Crippen LogP contribution in [0.5, 0.6) is 0 Å². The van der Waals surface area contributed by atoms with E-state index in [2.05, 4.69) is 36.7 Å². The lowest BCUT2D eigenvalue weighted by Gasteiger charge is -2.39. The third-order valence-corrected chi connectivity index (χ3v) is 7.94. The monoisotopic (exact) mass is 363 g/mol. The van der Waals surface area contributed by atoms with Gasteiger partial charge >= 0.3 is 6.03 Å². The van der Waals surface area contributed by atoms with Gasteiger partial charge in [-0.2, -0.15) is 0 Å². The first-order valence-corrected chi connectivity index (χ1v) is 10.7. The summed E-state index contributed by atoms with van der Waals surface area (Å²) < 4.78 is 0. The van der Waals surface area contributed by atoms with E-state index in [1.165, 1.54) is 32.1 Å². The van der Waals surface area contributed by atoms with E-state index in [1.807, 2.05) is 0 Å². The Balaban J connectivity index is 1.32. The second-order valence-corrected chi connectivity index (χ2v) is 9.57. The zero-order valence-corrected chi connectivity index (χ0v) is 16.8. The van der Waals surface area contributed by atoms with Crippen molar-refractivity contribution in [3.05, 3.63) is 0 Å². The van der Waals surface area contributed by atoms with Crippen LogP contribution in [0, 0.1) is 16.7 Å². The molecule has 2 bridgehead atoms. The van der Waals surface area contributed by atoms with Crippen LogP contribution in [-0.2, 0) is 4.79 Å². The lowest BCUT2D eigenvalue weighted by molar-refractivity contribution is -0.122. The largest absolute Gasteiger partial charge is 0.353 e. The number of carbonyl (C=O) groups is 2.